The molecule has 0 amide bonds. The van der Waals surface area contributed by atoms with Crippen LogP contribution in [0.3, 0.4) is 0 Å². The summed E-state index contributed by atoms with van der Waals surface area (Å²) >= 11 is 0. The van der Waals surface area contributed by atoms with E-state index in [1.165, 1.54) is 0 Å². The second-order valence-electron chi connectivity index (χ2n) is 5.59. The van der Waals surface area contributed by atoms with Crippen LogP contribution >= 0.6 is 0 Å². The maximum atomic E-state index is 10.4. The topological polar surface area (TPSA) is 68.2 Å². The van der Waals surface area contributed by atoms with Gasteiger partial charge in [0.05, 0.1) is 6.54 Å². The predicted octanol–water partition coefficient (Wildman–Crippen LogP) is 1.09. The van der Waals surface area contributed by atoms with Crippen molar-refractivity contribution in [1.82, 2.24) is 15.1 Å². The molecule has 0 radical (unpaired) electrons. The van der Waals surface area contributed by atoms with Crippen LogP contribution in [-0.4, -0.2) is 72.6 Å². The van der Waals surface area contributed by atoms with Crippen LogP contribution < -0.4 is 5.32 Å². The first-order valence-corrected chi connectivity index (χ1v) is 7.20. The van der Waals surface area contributed by atoms with Crippen LogP contribution in [0.1, 0.15) is 34.1 Å². The van der Waals surface area contributed by atoms with Crippen molar-refractivity contribution >= 4 is 11.9 Å². The van der Waals surface area contributed by atoms with Crippen molar-refractivity contribution in [2.75, 3.05) is 33.7 Å². The van der Waals surface area contributed by atoms with E-state index in [1.54, 1.807) is 0 Å². The lowest BCUT2D eigenvalue weighted by molar-refractivity contribution is -0.135. The number of rotatable bonds is 8. The van der Waals surface area contributed by atoms with Crippen molar-refractivity contribution in [3.05, 3.63) is 0 Å². The summed E-state index contributed by atoms with van der Waals surface area (Å²) < 4.78 is 0. The predicted molar refractivity (Wildman–Crippen MR) is 83.2 cm³/mol. The van der Waals surface area contributed by atoms with E-state index >= 15 is 0 Å². The summed E-state index contributed by atoms with van der Waals surface area (Å²) in [6, 6.07) is 0.780. The minimum Gasteiger partial charge on any atom is -0.480 e. The van der Waals surface area contributed by atoms with Crippen LogP contribution in [0.25, 0.3) is 0 Å². The van der Waals surface area contributed by atoms with E-state index in [-0.39, 0.29) is 6.54 Å². The van der Waals surface area contributed by atoms with E-state index in [9.17, 15) is 4.79 Å². The van der Waals surface area contributed by atoms with Gasteiger partial charge in [-0.05, 0) is 40.7 Å². The number of carbonyl (C=O) groups is 1. The molecule has 6 nitrogen and oxygen atoms in total. The molecule has 0 fully saturated rings. The van der Waals surface area contributed by atoms with E-state index in [0.717, 1.165) is 12.4 Å². The molecular weight excluding hydrogens is 256 g/mol. The molecule has 0 bridgehead atoms. The van der Waals surface area contributed by atoms with Gasteiger partial charge in [-0.25, -0.2) is 0 Å². The zero-order valence-corrected chi connectivity index (χ0v) is 13.7. The third kappa shape index (κ3) is 7.33. The Morgan fingerprint density at radius 3 is 2.15 bits per heavy atom. The number of carboxylic acid groups (broad SMARTS) is 1. The van der Waals surface area contributed by atoms with E-state index < -0.39 is 5.97 Å². The Bertz CT molecular complexity index is 306. The molecule has 0 aromatic heterocycles. The second-order valence-corrected chi connectivity index (χ2v) is 5.59. The molecule has 0 aliphatic heterocycles. The number of carboxylic acids is 1. The number of aliphatic carboxylic acids is 1. The maximum Gasteiger partial charge on any atom is 0.317 e. The SMILES string of the molecule is CC(C)N(C(=NCCCNCC(=O)O)N(C)C)C(C)C. The van der Waals surface area contributed by atoms with Gasteiger partial charge in [-0.1, -0.05) is 0 Å². The van der Waals surface area contributed by atoms with Crippen molar-refractivity contribution in [2.24, 2.45) is 4.99 Å². The van der Waals surface area contributed by atoms with E-state index in [0.29, 0.717) is 25.2 Å². The molecule has 0 aromatic carbocycles. The lowest BCUT2D eigenvalue weighted by atomic mass is 10.2. The summed E-state index contributed by atoms with van der Waals surface area (Å²) in [4.78, 5) is 19.3. The summed E-state index contributed by atoms with van der Waals surface area (Å²) in [6.07, 6.45) is 0.828. The first-order valence-electron chi connectivity index (χ1n) is 7.20. The summed E-state index contributed by atoms with van der Waals surface area (Å²) in [5.41, 5.74) is 0. The average Bonchev–Trinajstić information content (AvgIpc) is 2.29. The fourth-order valence-electron chi connectivity index (χ4n) is 2.09. The average molecular weight is 286 g/mol. The summed E-state index contributed by atoms with van der Waals surface area (Å²) in [6.45, 7) is 10.0. The summed E-state index contributed by atoms with van der Waals surface area (Å²) in [5.74, 6) is 0.154. The Balaban J connectivity index is 4.44. The van der Waals surface area contributed by atoms with E-state index in [2.05, 4.69) is 42.9 Å². The van der Waals surface area contributed by atoms with Crippen molar-refractivity contribution in [3.8, 4) is 0 Å². The zero-order valence-electron chi connectivity index (χ0n) is 13.7. The minimum absolute atomic E-state index is 0.00830. The Labute approximate surface area is 122 Å². The first kappa shape index (κ1) is 18.7. The van der Waals surface area contributed by atoms with Gasteiger partial charge in [-0.15, -0.1) is 0 Å². The van der Waals surface area contributed by atoms with Gasteiger partial charge in [0.25, 0.3) is 0 Å². The molecule has 118 valence electrons. The normalized spacial score (nSPS) is 12.1. The minimum atomic E-state index is -0.826. The highest BCUT2D eigenvalue weighted by Gasteiger charge is 2.19. The molecule has 0 aliphatic carbocycles. The molecule has 0 rings (SSSR count). The molecule has 0 heterocycles. The third-order valence-corrected chi connectivity index (χ3v) is 2.78. The Hall–Kier alpha value is -1.30. The largest absolute Gasteiger partial charge is 0.480 e. The third-order valence-electron chi connectivity index (χ3n) is 2.78. The van der Waals surface area contributed by atoms with Crippen LogP contribution in [0.5, 0.6) is 0 Å². The van der Waals surface area contributed by atoms with Crippen LogP contribution in [0.15, 0.2) is 4.99 Å². The lowest BCUT2D eigenvalue weighted by Gasteiger charge is -2.36. The quantitative estimate of drug-likeness (QED) is 0.397. The molecule has 0 saturated carbocycles. The lowest BCUT2D eigenvalue weighted by Crippen LogP contribution is -2.48. The van der Waals surface area contributed by atoms with Gasteiger partial charge in [-0.3, -0.25) is 9.79 Å². The highest BCUT2D eigenvalue weighted by molar-refractivity contribution is 5.80. The summed E-state index contributed by atoms with van der Waals surface area (Å²) in [7, 11) is 4.00. The molecule has 6 heteroatoms. The van der Waals surface area contributed by atoms with Gasteiger partial charge in [0.15, 0.2) is 5.96 Å². The molecule has 2 N–H and O–H groups in total. The van der Waals surface area contributed by atoms with Crippen molar-refractivity contribution in [2.45, 2.75) is 46.2 Å². The van der Waals surface area contributed by atoms with Gasteiger partial charge in [0.2, 0.25) is 0 Å². The van der Waals surface area contributed by atoms with E-state index in [1.807, 2.05) is 19.0 Å². The molecule has 0 spiro atoms. The van der Waals surface area contributed by atoms with Crippen LogP contribution in [-0.2, 0) is 4.79 Å². The smallest absolute Gasteiger partial charge is 0.317 e. The molecule has 20 heavy (non-hydrogen) atoms. The van der Waals surface area contributed by atoms with Crippen LogP contribution in [0, 0.1) is 0 Å². The Morgan fingerprint density at radius 1 is 1.20 bits per heavy atom. The van der Waals surface area contributed by atoms with Crippen molar-refractivity contribution in [3.63, 3.8) is 0 Å². The number of aliphatic imine (C=N–C) groups is 1. The number of hydrogen-bond donors (Lipinski definition) is 2. The highest BCUT2D eigenvalue weighted by atomic mass is 16.4. The number of nitrogens with one attached hydrogen (secondary N) is 1. The number of hydrogen-bond acceptors (Lipinski definition) is 3. The van der Waals surface area contributed by atoms with Gasteiger partial charge in [0, 0.05) is 32.7 Å². The molecule has 0 atom stereocenters. The first-order chi connectivity index (χ1) is 9.27. The van der Waals surface area contributed by atoms with Gasteiger partial charge in [0.1, 0.15) is 0 Å². The summed E-state index contributed by atoms with van der Waals surface area (Å²) in [5, 5.41) is 11.4. The van der Waals surface area contributed by atoms with Gasteiger partial charge < -0.3 is 20.2 Å². The fourth-order valence-corrected chi connectivity index (χ4v) is 2.09. The second kappa shape index (κ2) is 9.58. The molecule has 0 unspecified atom stereocenters. The van der Waals surface area contributed by atoms with Crippen LogP contribution in [0.4, 0.5) is 0 Å². The monoisotopic (exact) mass is 286 g/mol. The Morgan fingerprint density at radius 2 is 1.75 bits per heavy atom. The standard InChI is InChI=1S/C14H30N4O2/c1-11(2)18(12(3)4)14(17(5)6)16-9-7-8-15-10-13(19)20/h11-12,15H,7-10H2,1-6H3,(H,19,20). The zero-order chi connectivity index (χ0) is 15.7. The molecule has 0 aliphatic rings. The molecule has 0 aromatic rings. The molecular formula is C14H30N4O2. The van der Waals surface area contributed by atoms with Gasteiger partial charge in [-0.2, -0.15) is 0 Å². The van der Waals surface area contributed by atoms with Gasteiger partial charge >= 0.3 is 5.97 Å². The van der Waals surface area contributed by atoms with Crippen LogP contribution in [0.2, 0.25) is 0 Å². The number of guanidine groups is 1. The van der Waals surface area contributed by atoms with Crippen molar-refractivity contribution in [1.29, 1.82) is 0 Å². The maximum absolute atomic E-state index is 10.4. The van der Waals surface area contributed by atoms with E-state index in [4.69, 9.17) is 5.11 Å². The number of nitrogens with zero attached hydrogens (tertiary/aromatic N) is 3. The fraction of sp³-hybridized carbons (Fsp3) is 0.857. The van der Waals surface area contributed by atoms with Crippen molar-refractivity contribution < 1.29 is 9.90 Å². The Kier molecular flexibility index (Phi) is 8.96. The molecule has 0 saturated heterocycles. The highest BCUT2D eigenvalue weighted by Crippen LogP contribution is 2.08.